The van der Waals surface area contributed by atoms with Crippen LogP contribution in [0.15, 0.2) is 78.9 Å². The van der Waals surface area contributed by atoms with E-state index >= 15 is 0 Å². The van der Waals surface area contributed by atoms with Crippen molar-refractivity contribution >= 4 is 13.6 Å². The van der Waals surface area contributed by atoms with E-state index < -0.39 is 19.2 Å². The van der Waals surface area contributed by atoms with Crippen LogP contribution in [0.1, 0.15) is 39.9 Å². The maximum absolute atomic E-state index is 13.6. The van der Waals surface area contributed by atoms with E-state index in [9.17, 15) is 19.1 Å². The molecule has 2 unspecified atom stereocenters. The van der Waals surface area contributed by atoms with Gasteiger partial charge in [0.15, 0.2) is 5.78 Å². The van der Waals surface area contributed by atoms with E-state index in [-0.39, 0.29) is 11.5 Å². The molecule has 0 amide bonds. The molecule has 0 aliphatic heterocycles. The van der Waals surface area contributed by atoms with Crippen LogP contribution in [0.4, 0.5) is 0 Å². The SMILES string of the molecule is CC1(c2ccccc2)C(=O)c2cccc(OP(=O)(O)O)c2C1c1ccccc1. The standard InChI is InChI=1S/C22H19O5P/c1-22(16-11-6-3-7-12-16)20(15-9-4-2-5-10-15)19-17(21(22)23)13-8-14-18(19)27-28(24,25)26/h2-14,20H,1H3,(H2,24,25,26). The van der Waals surface area contributed by atoms with Crippen molar-refractivity contribution in [2.24, 2.45) is 0 Å². The van der Waals surface area contributed by atoms with Crippen LogP contribution < -0.4 is 4.52 Å². The van der Waals surface area contributed by atoms with Crippen molar-refractivity contribution in [1.29, 1.82) is 0 Å². The van der Waals surface area contributed by atoms with Gasteiger partial charge in [0, 0.05) is 17.0 Å². The highest BCUT2D eigenvalue weighted by molar-refractivity contribution is 7.46. The lowest BCUT2D eigenvalue weighted by atomic mass is 9.69. The lowest BCUT2D eigenvalue weighted by molar-refractivity contribution is 0.0905. The van der Waals surface area contributed by atoms with Gasteiger partial charge in [-0.1, -0.05) is 72.8 Å². The van der Waals surface area contributed by atoms with Crippen LogP contribution in [-0.2, 0) is 9.98 Å². The highest BCUT2D eigenvalue weighted by Crippen LogP contribution is 2.56. The first-order chi connectivity index (χ1) is 13.3. The Bertz CT molecular complexity index is 1070. The molecule has 0 fully saturated rings. The number of rotatable bonds is 4. The summed E-state index contributed by atoms with van der Waals surface area (Å²) in [4.78, 5) is 32.3. The fraction of sp³-hybridized carbons (Fsp3) is 0.136. The summed E-state index contributed by atoms with van der Waals surface area (Å²) in [6.07, 6.45) is 0. The van der Waals surface area contributed by atoms with E-state index in [0.717, 1.165) is 11.1 Å². The maximum atomic E-state index is 13.6. The Morgan fingerprint density at radius 1 is 0.893 bits per heavy atom. The third-order valence-corrected chi connectivity index (χ3v) is 5.81. The predicted octanol–water partition coefficient (Wildman–Crippen LogP) is 4.44. The Morgan fingerprint density at radius 2 is 1.50 bits per heavy atom. The van der Waals surface area contributed by atoms with Crippen molar-refractivity contribution in [3.05, 3.63) is 101 Å². The minimum absolute atomic E-state index is 0.0349. The number of phosphoric ester groups is 1. The number of carbonyl (C=O) groups excluding carboxylic acids is 1. The summed E-state index contributed by atoms with van der Waals surface area (Å²) in [5.74, 6) is -0.507. The zero-order chi connectivity index (χ0) is 19.9. The average molecular weight is 394 g/mol. The number of phosphoric acid groups is 1. The Kier molecular flexibility index (Phi) is 4.47. The number of hydrogen-bond acceptors (Lipinski definition) is 3. The molecule has 0 spiro atoms. The number of Topliss-reactive ketones (excluding diaryl/α,β-unsaturated/α-hetero) is 1. The van der Waals surface area contributed by atoms with Gasteiger partial charge in [0.05, 0.1) is 5.41 Å². The van der Waals surface area contributed by atoms with Gasteiger partial charge in [0.2, 0.25) is 0 Å². The van der Waals surface area contributed by atoms with Crippen LogP contribution in [0.3, 0.4) is 0 Å². The van der Waals surface area contributed by atoms with E-state index in [1.165, 1.54) is 6.07 Å². The Labute approximate surface area is 162 Å². The lowest BCUT2D eigenvalue weighted by Crippen LogP contribution is -2.33. The van der Waals surface area contributed by atoms with E-state index in [1.807, 2.05) is 67.6 Å². The van der Waals surface area contributed by atoms with Crippen LogP contribution in [-0.4, -0.2) is 15.6 Å². The van der Waals surface area contributed by atoms with Crippen molar-refractivity contribution in [2.75, 3.05) is 0 Å². The first kappa shape index (κ1) is 18.6. The molecule has 0 heterocycles. The summed E-state index contributed by atoms with van der Waals surface area (Å²) < 4.78 is 16.5. The highest BCUT2D eigenvalue weighted by Gasteiger charge is 2.53. The zero-order valence-electron chi connectivity index (χ0n) is 15.1. The summed E-state index contributed by atoms with van der Waals surface area (Å²) >= 11 is 0. The van der Waals surface area contributed by atoms with E-state index in [1.54, 1.807) is 12.1 Å². The molecular formula is C22H19O5P. The van der Waals surface area contributed by atoms with Crippen molar-refractivity contribution in [3.8, 4) is 5.75 Å². The van der Waals surface area contributed by atoms with Gasteiger partial charge in [-0.15, -0.1) is 0 Å². The Hall–Kier alpha value is -2.72. The van der Waals surface area contributed by atoms with Crippen molar-refractivity contribution in [3.63, 3.8) is 0 Å². The predicted molar refractivity (Wildman–Crippen MR) is 106 cm³/mol. The van der Waals surface area contributed by atoms with Gasteiger partial charge in [-0.3, -0.25) is 14.6 Å². The third kappa shape index (κ3) is 2.98. The van der Waals surface area contributed by atoms with Crippen LogP contribution >= 0.6 is 7.82 Å². The summed E-state index contributed by atoms with van der Waals surface area (Å²) in [5, 5.41) is 0. The number of benzene rings is 3. The van der Waals surface area contributed by atoms with Gasteiger partial charge < -0.3 is 4.52 Å². The van der Waals surface area contributed by atoms with Crippen molar-refractivity contribution in [1.82, 2.24) is 0 Å². The normalized spacial score (nSPS) is 21.4. The Morgan fingerprint density at radius 3 is 2.11 bits per heavy atom. The van der Waals surface area contributed by atoms with Gasteiger partial charge in [0.1, 0.15) is 5.75 Å². The molecule has 3 aromatic rings. The molecule has 2 atom stereocenters. The molecule has 28 heavy (non-hydrogen) atoms. The van der Waals surface area contributed by atoms with Crippen LogP contribution in [0, 0.1) is 0 Å². The molecule has 5 nitrogen and oxygen atoms in total. The fourth-order valence-electron chi connectivity index (χ4n) is 4.17. The minimum Gasteiger partial charge on any atom is -0.404 e. The molecule has 142 valence electrons. The van der Waals surface area contributed by atoms with Crippen molar-refractivity contribution in [2.45, 2.75) is 18.3 Å². The molecule has 0 bridgehead atoms. The summed E-state index contributed by atoms with van der Waals surface area (Å²) in [5.41, 5.74) is 1.72. The maximum Gasteiger partial charge on any atom is 0.524 e. The largest absolute Gasteiger partial charge is 0.524 e. The molecule has 0 radical (unpaired) electrons. The molecule has 4 rings (SSSR count). The molecule has 2 N–H and O–H groups in total. The quantitative estimate of drug-likeness (QED) is 0.639. The summed E-state index contributed by atoms with van der Waals surface area (Å²) in [6.45, 7) is 1.88. The molecule has 3 aromatic carbocycles. The summed E-state index contributed by atoms with van der Waals surface area (Å²) in [7, 11) is -4.78. The minimum atomic E-state index is -4.78. The number of hydrogen-bond donors (Lipinski definition) is 2. The van der Waals surface area contributed by atoms with Crippen LogP contribution in [0.5, 0.6) is 5.75 Å². The highest BCUT2D eigenvalue weighted by atomic mass is 31.2. The zero-order valence-corrected chi connectivity index (χ0v) is 16.0. The second-order valence-electron chi connectivity index (χ2n) is 7.04. The van der Waals surface area contributed by atoms with Gasteiger partial charge in [-0.05, 0) is 24.1 Å². The van der Waals surface area contributed by atoms with Crippen LogP contribution in [0.25, 0.3) is 0 Å². The molecule has 0 saturated heterocycles. The number of carbonyl (C=O) groups is 1. The Balaban J connectivity index is 2.01. The third-order valence-electron chi connectivity index (χ3n) is 5.37. The summed E-state index contributed by atoms with van der Waals surface area (Å²) in [6, 6.07) is 23.7. The molecule has 6 heteroatoms. The first-order valence-corrected chi connectivity index (χ1v) is 10.4. The first-order valence-electron chi connectivity index (χ1n) is 8.85. The van der Waals surface area contributed by atoms with Crippen LogP contribution in [0.2, 0.25) is 0 Å². The molecule has 0 saturated carbocycles. The fourth-order valence-corrected chi connectivity index (χ4v) is 4.59. The number of fused-ring (bicyclic) bond motifs is 1. The second-order valence-corrected chi connectivity index (χ2v) is 8.20. The van der Waals surface area contributed by atoms with E-state index in [0.29, 0.717) is 11.1 Å². The van der Waals surface area contributed by atoms with Gasteiger partial charge >= 0.3 is 7.82 Å². The average Bonchev–Trinajstić information content (AvgIpc) is 2.92. The van der Waals surface area contributed by atoms with E-state index in [4.69, 9.17) is 4.52 Å². The second kappa shape index (κ2) is 6.71. The molecule has 1 aliphatic rings. The molecule has 1 aliphatic carbocycles. The van der Waals surface area contributed by atoms with Gasteiger partial charge in [-0.2, -0.15) is 0 Å². The monoisotopic (exact) mass is 394 g/mol. The van der Waals surface area contributed by atoms with Gasteiger partial charge in [-0.25, -0.2) is 4.57 Å². The smallest absolute Gasteiger partial charge is 0.404 e. The van der Waals surface area contributed by atoms with E-state index in [2.05, 4.69) is 0 Å². The molecule has 0 aromatic heterocycles. The topological polar surface area (TPSA) is 83.8 Å². The number of ketones is 1. The van der Waals surface area contributed by atoms with Gasteiger partial charge in [0.25, 0.3) is 0 Å². The lowest BCUT2D eigenvalue weighted by Gasteiger charge is -2.32. The molecular weight excluding hydrogens is 375 g/mol. The van der Waals surface area contributed by atoms with Crippen molar-refractivity contribution < 1.29 is 23.7 Å².